The van der Waals surface area contributed by atoms with Gasteiger partial charge < -0.3 is 5.73 Å². The number of rotatable bonds is 1. The second-order valence-corrected chi connectivity index (χ2v) is 4.50. The summed E-state index contributed by atoms with van der Waals surface area (Å²) in [6.07, 6.45) is 1.82. The third kappa shape index (κ3) is 1.71. The monoisotopic (exact) mass is 258 g/mol. The normalized spacial score (nSPS) is 11.0. The summed E-state index contributed by atoms with van der Waals surface area (Å²) in [5.74, 6) is 0. The van der Waals surface area contributed by atoms with E-state index in [0.29, 0.717) is 16.5 Å². The van der Waals surface area contributed by atoms with Crippen molar-refractivity contribution in [2.45, 2.75) is 0 Å². The lowest BCUT2D eigenvalue weighted by Crippen LogP contribution is -1.94. The zero-order valence-corrected chi connectivity index (χ0v) is 10.5. The lowest BCUT2D eigenvalue weighted by atomic mass is 10.1. The van der Waals surface area contributed by atoms with Crippen molar-refractivity contribution in [1.82, 2.24) is 14.8 Å². The van der Waals surface area contributed by atoms with Crippen LogP contribution in [0.25, 0.3) is 22.2 Å². The number of hydrogen-bond acceptors (Lipinski definition) is 3. The molecular formula is C13H11ClN4. The SMILES string of the molecule is Cn1ncc2cc(-c3nc(Cl)ccc3N)ccc21. The molecule has 0 saturated carbocycles. The molecule has 2 aromatic heterocycles. The molecule has 4 nitrogen and oxygen atoms in total. The van der Waals surface area contributed by atoms with E-state index in [4.69, 9.17) is 17.3 Å². The molecule has 2 heterocycles. The molecule has 0 amide bonds. The van der Waals surface area contributed by atoms with Crippen molar-refractivity contribution in [2.24, 2.45) is 7.05 Å². The van der Waals surface area contributed by atoms with Crippen LogP contribution in [0.5, 0.6) is 0 Å². The van der Waals surface area contributed by atoms with E-state index in [1.807, 2.05) is 36.1 Å². The van der Waals surface area contributed by atoms with Crippen LogP contribution < -0.4 is 5.73 Å². The molecule has 0 unspecified atom stereocenters. The number of benzene rings is 1. The van der Waals surface area contributed by atoms with Crippen LogP contribution in [0.4, 0.5) is 5.69 Å². The van der Waals surface area contributed by atoms with Gasteiger partial charge in [-0.2, -0.15) is 5.10 Å². The van der Waals surface area contributed by atoms with Crippen LogP contribution >= 0.6 is 11.6 Å². The first-order valence-electron chi connectivity index (χ1n) is 5.49. The highest BCUT2D eigenvalue weighted by molar-refractivity contribution is 6.29. The highest BCUT2D eigenvalue weighted by Gasteiger charge is 2.07. The number of hydrogen-bond donors (Lipinski definition) is 1. The van der Waals surface area contributed by atoms with E-state index in [0.717, 1.165) is 16.5 Å². The van der Waals surface area contributed by atoms with Crippen LogP contribution in [-0.2, 0) is 7.05 Å². The maximum absolute atomic E-state index is 5.93. The van der Waals surface area contributed by atoms with Crippen molar-refractivity contribution in [3.63, 3.8) is 0 Å². The summed E-state index contributed by atoms with van der Waals surface area (Å²) in [6, 6.07) is 9.43. The van der Waals surface area contributed by atoms with Crippen LogP contribution in [0.3, 0.4) is 0 Å². The maximum atomic E-state index is 5.93. The summed E-state index contributed by atoms with van der Waals surface area (Å²) in [5, 5.41) is 5.70. The van der Waals surface area contributed by atoms with Gasteiger partial charge in [-0.1, -0.05) is 17.7 Å². The molecule has 1 aromatic carbocycles. The second kappa shape index (κ2) is 3.99. The molecule has 0 atom stereocenters. The summed E-state index contributed by atoms with van der Waals surface area (Å²) in [6.45, 7) is 0. The molecule has 0 radical (unpaired) electrons. The third-order valence-electron chi connectivity index (χ3n) is 2.91. The van der Waals surface area contributed by atoms with Crippen molar-refractivity contribution in [1.29, 1.82) is 0 Å². The largest absolute Gasteiger partial charge is 0.397 e. The smallest absolute Gasteiger partial charge is 0.129 e. The van der Waals surface area contributed by atoms with Gasteiger partial charge in [0, 0.05) is 18.0 Å². The minimum Gasteiger partial charge on any atom is -0.397 e. The fourth-order valence-electron chi connectivity index (χ4n) is 1.99. The molecular weight excluding hydrogens is 248 g/mol. The fraction of sp³-hybridized carbons (Fsp3) is 0.0769. The fourth-order valence-corrected chi connectivity index (χ4v) is 2.14. The minimum absolute atomic E-state index is 0.436. The van der Waals surface area contributed by atoms with E-state index in [9.17, 15) is 0 Å². The average Bonchev–Trinajstić information content (AvgIpc) is 2.74. The zero-order valence-electron chi connectivity index (χ0n) is 9.76. The first-order chi connectivity index (χ1) is 8.65. The Morgan fingerprint density at radius 3 is 2.89 bits per heavy atom. The van der Waals surface area contributed by atoms with Gasteiger partial charge in [0.15, 0.2) is 0 Å². The number of aromatic nitrogens is 3. The molecule has 0 aliphatic rings. The average molecular weight is 259 g/mol. The van der Waals surface area contributed by atoms with Gasteiger partial charge in [-0.15, -0.1) is 0 Å². The molecule has 0 spiro atoms. The molecule has 0 bridgehead atoms. The van der Waals surface area contributed by atoms with Gasteiger partial charge in [0.2, 0.25) is 0 Å². The zero-order chi connectivity index (χ0) is 12.7. The summed E-state index contributed by atoms with van der Waals surface area (Å²) >= 11 is 5.91. The quantitative estimate of drug-likeness (QED) is 0.683. The van der Waals surface area contributed by atoms with Gasteiger partial charge in [-0.05, 0) is 24.3 Å². The van der Waals surface area contributed by atoms with E-state index in [1.54, 1.807) is 12.1 Å². The van der Waals surface area contributed by atoms with Crippen LogP contribution in [0, 0.1) is 0 Å². The van der Waals surface area contributed by atoms with Crippen molar-refractivity contribution < 1.29 is 0 Å². The van der Waals surface area contributed by atoms with Crippen LogP contribution in [0.2, 0.25) is 5.15 Å². The number of nitrogens with zero attached hydrogens (tertiary/aromatic N) is 3. The Balaban J connectivity index is 2.22. The first-order valence-corrected chi connectivity index (χ1v) is 5.87. The second-order valence-electron chi connectivity index (χ2n) is 4.11. The lowest BCUT2D eigenvalue weighted by molar-refractivity contribution is 0.797. The van der Waals surface area contributed by atoms with E-state index in [1.165, 1.54) is 0 Å². The molecule has 0 saturated heterocycles. The molecule has 0 fully saturated rings. The van der Waals surface area contributed by atoms with Crippen molar-refractivity contribution >= 4 is 28.2 Å². The van der Waals surface area contributed by atoms with Crippen LogP contribution in [0.1, 0.15) is 0 Å². The Bertz CT molecular complexity index is 733. The number of nitrogen functional groups attached to an aromatic ring is 1. The predicted molar refractivity (Wildman–Crippen MR) is 73.4 cm³/mol. The highest BCUT2D eigenvalue weighted by atomic mass is 35.5. The molecule has 3 aromatic rings. The lowest BCUT2D eigenvalue weighted by Gasteiger charge is -2.05. The molecule has 3 rings (SSSR count). The van der Waals surface area contributed by atoms with Gasteiger partial charge in [0.1, 0.15) is 5.15 Å². The molecule has 90 valence electrons. The van der Waals surface area contributed by atoms with Crippen LogP contribution in [0.15, 0.2) is 36.5 Å². The molecule has 18 heavy (non-hydrogen) atoms. The maximum Gasteiger partial charge on any atom is 0.129 e. The Morgan fingerprint density at radius 1 is 1.22 bits per heavy atom. The number of pyridine rings is 1. The van der Waals surface area contributed by atoms with Gasteiger partial charge in [-0.25, -0.2) is 4.98 Å². The Kier molecular flexibility index (Phi) is 2.45. The summed E-state index contributed by atoms with van der Waals surface area (Å²) in [5.41, 5.74) is 9.25. The van der Waals surface area contributed by atoms with Gasteiger partial charge in [-0.3, -0.25) is 4.68 Å². The third-order valence-corrected chi connectivity index (χ3v) is 3.12. The van der Waals surface area contributed by atoms with Crippen molar-refractivity contribution in [2.75, 3.05) is 5.73 Å². The molecule has 5 heteroatoms. The summed E-state index contributed by atoms with van der Waals surface area (Å²) in [7, 11) is 1.91. The Labute approximate surface area is 109 Å². The number of halogens is 1. The number of aryl methyl sites for hydroxylation is 1. The van der Waals surface area contributed by atoms with Gasteiger partial charge in [0.25, 0.3) is 0 Å². The van der Waals surface area contributed by atoms with E-state index in [-0.39, 0.29) is 0 Å². The summed E-state index contributed by atoms with van der Waals surface area (Å²) in [4.78, 5) is 4.27. The van der Waals surface area contributed by atoms with Crippen LogP contribution in [-0.4, -0.2) is 14.8 Å². The minimum atomic E-state index is 0.436. The van der Waals surface area contributed by atoms with Crippen molar-refractivity contribution in [3.8, 4) is 11.3 Å². The number of nitrogens with two attached hydrogens (primary N) is 1. The first kappa shape index (κ1) is 11.0. The number of anilines is 1. The van der Waals surface area contributed by atoms with E-state index >= 15 is 0 Å². The molecule has 0 aliphatic carbocycles. The number of fused-ring (bicyclic) bond motifs is 1. The van der Waals surface area contributed by atoms with Gasteiger partial charge in [0.05, 0.1) is 23.1 Å². The molecule has 2 N–H and O–H groups in total. The summed E-state index contributed by atoms with van der Waals surface area (Å²) < 4.78 is 1.83. The van der Waals surface area contributed by atoms with Gasteiger partial charge >= 0.3 is 0 Å². The van der Waals surface area contributed by atoms with Crippen molar-refractivity contribution in [3.05, 3.63) is 41.7 Å². The highest BCUT2D eigenvalue weighted by Crippen LogP contribution is 2.28. The Morgan fingerprint density at radius 2 is 2.06 bits per heavy atom. The van der Waals surface area contributed by atoms with E-state index < -0.39 is 0 Å². The Hall–Kier alpha value is -2.07. The standard InChI is InChI=1S/C13H11ClN4/c1-18-11-4-2-8(6-9(11)7-16-18)13-10(15)3-5-12(14)17-13/h2-7H,15H2,1H3. The van der Waals surface area contributed by atoms with E-state index in [2.05, 4.69) is 10.1 Å². The predicted octanol–water partition coefficient (Wildman–Crippen LogP) is 2.87. The topological polar surface area (TPSA) is 56.7 Å². The molecule has 0 aliphatic heterocycles.